The lowest BCUT2D eigenvalue weighted by atomic mass is 10.2. The molecule has 0 aliphatic rings. The highest BCUT2D eigenvalue weighted by Crippen LogP contribution is 2.17. The molecule has 0 atom stereocenters. The first-order valence-electron chi connectivity index (χ1n) is 4.20. The molecule has 0 aromatic heterocycles. The number of ether oxygens (including phenoxy) is 1. The minimum Gasteiger partial charge on any atom is -0.493 e. The van der Waals surface area contributed by atoms with Crippen molar-refractivity contribution < 1.29 is 9.53 Å². The number of benzene rings is 1. The zero-order valence-electron chi connectivity index (χ0n) is 7.78. The van der Waals surface area contributed by atoms with Crippen molar-refractivity contribution in [2.45, 2.75) is 6.92 Å². The Morgan fingerprint density at radius 1 is 1.57 bits per heavy atom. The molecule has 0 radical (unpaired) electrons. The van der Waals surface area contributed by atoms with E-state index in [1.165, 1.54) is 0 Å². The monoisotopic (exact) mass is 190 g/mol. The molecular weight excluding hydrogens is 180 g/mol. The molecule has 0 saturated heterocycles. The molecule has 0 heterocycles. The van der Waals surface area contributed by atoms with Crippen LogP contribution in [0.4, 0.5) is 0 Å². The smallest absolute Gasteiger partial charge is 0.268 e. The number of hydrogen-bond donors (Lipinski definition) is 1. The van der Waals surface area contributed by atoms with Crippen LogP contribution in [0.5, 0.6) is 5.75 Å². The maximum Gasteiger partial charge on any atom is 0.268 e. The Labute approximate surface area is 82.1 Å². The predicted octanol–water partition coefficient (Wildman–Crippen LogP) is 1.30. The standard InChI is InChI=1S/C10H10N2O2/c1-2-14-9-6-4-3-5-8(9)10(13)12-7-11/h3-6H,2H2,1H3,(H,12,13). The second kappa shape index (κ2) is 4.87. The Hall–Kier alpha value is -2.02. The molecule has 72 valence electrons. The highest BCUT2D eigenvalue weighted by atomic mass is 16.5. The minimum atomic E-state index is -0.448. The quantitative estimate of drug-likeness (QED) is 0.577. The average Bonchev–Trinajstić information content (AvgIpc) is 2.19. The number of para-hydroxylation sites is 1. The molecule has 0 fully saturated rings. The molecule has 1 amide bonds. The molecular formula is C10H10N2O2. The third-order valence-corrected chi connectivity index (χ3v) is 1.60. The molecule has 4 heteroatoms. The van der Waals surface area contributed by atoms with E-state index in [0.717, 1.165) is 0 Å². The summed E-state index contributed by atoms with van der Waals surface area (Å²) in [7, 11) is 0. The van der Waals surface area contributed by atoms with Gasteiger partial charge in [0.25, 0.3) is 5.91 Å². The predicted molar refractivity (Wildman–Crippen MR) is 50.7 cm³/mol. The Kier molecular flexibility index (Phi) is 3.50. The molecule has 14 heavy (non-hydrogen) atoms. The second-order valence-corrected chi connectivity index (χ2v) is 2.50. The van der Waals surface area contributed by atoms with Crippen molar-refractivity contribution in [3.8, 4) is 11.9 Å². The van der Waals surface area contributed by atoms with Crippen LogP contribution in [0.3, 0.4) is 0 Å². The topological polar surface area (TPSA) is 62.1 Å². The van der Waals surface area contributed by atoms with Crippen LogP contribution in [0, 0.1) is 11.5 Å². The zero-order chi connectivity index (χ0) is 10.4. The van der Waals surface area contributed by atoms with E-state index in [2.05, 4.69) is 0 Å². The zero-order valence-corrected chi connectivity index (χ0v) is 7.78. The molecule has 0 bridgehead atoms. The molecule has 1 rings (SSSR count). The van der Waals surface area contributed by atoms with Gasteiger partial charge >= 0.3 is 0 Å². The van der Waals surface area contributed by atoms with Crippen molar-refractivity contribution in [3.63, 3.8) is 0 Å². The van der Waals surface area contributed by atoms with Crippen LogP contribution in [-0.4, -0.2) is 12.5 Å². The summed E-state index contributed by atoms with van der Waals surface area (Å²) in [5.41, 5.74) is 0.371. The summed E-state index contributed by atoms with van der Waals surface area (Å²) >= 11 is 0. The number of rotatable bonds is 3. The SMILES string of the molecule is CCOc1ccccc1C(=O)NC#N. The van der Waals surface area contributed by atoms with Crippen LogP contribution in [0.25, 0.3) is 0 Å². The van der Waals surface area contributed by atoms with Crippen LogP contribution >= 0.6 is 0 Å². The van der Waals surface area contributed by atoms with E-state index in [1.807, 2.05) is 12.2 Å². The molecule has 0 saturated carbocycles. The van der Waals surface area contributed by atoms with Gasteiger partial charge in [0.1, 0.15) is 5.75 Å². The number of nitrogens with zero attached hydrogens (tertiary/aromatic N) is 1. The Balaban J connectivity index is 2.95. The molecule has 0 spiro atoms. The van der Waals surface area contributed by atoms with Crippen LogP contribution in [0.2, 0.25) is 0 Å². The lowest BCUT2D eigenvalue weighted by Gasteiger charge is -2.07. The molecule has 1 N–H and O–H groups in total. The van der Waals surface area contributed by atoms with Crippen LogP contribution in [0.1, 0.15) is 17.3 Å². The highest BCUT2D eigenvalue weighted by Gasteiger charge is 2.10. The largest absolute Gasteiger partial charge is 0.493 e. The molecule has 0 unspecified atom stereocenters. The fourth-order valence-corrected chi connectivity index (χ4v) is 1.05. The summed E-state index contributed by atoms with van der Waals surface area (Å²) in [5, 5.41) is 10.3. The lowest BCUT2D eigenvalue weighted by molar-refractivity contribution is 0.0969. The van der Waals surface area contributed by atoms with E-state index in [-0.39, 0.29) is 0 Å². The number of nitriles is 1. The number of carbonyl (C=O) groups excluding carboxylic acids is 1. The molecule has 1 aromatic rings. The van der Waals surface area contributed by atoms with Gasteiger partial charge in [0.15, 0.2) is 6.19 Å². The number of nitrogens with one attached hydrogen (secondary N) is 1. The lowest BCUT2D eigenvalue weighted by Crippen LogP contribution is -2.18. The van der Waals surface area contributed by atoms with Crippen LogP contribution in [-0.2, 0) is 0 Å². The minimum absolute atomic E-state index is 0.371. The molecule has 0 aliphatic heterocycles. The van der Waals surface area contributed by atoms with Gasteiger partial charge in [-0.2, -0.15) is 5.26 Å². The van der Waals surface area contributed by atoms with Gasteiger partial charge in [-0.25, -0.2) is 0 Å². The Morgan fingerprint density at radius 3 is 2.93 bits per heavy atom. The maximum atomic E-state index is 11.3. The fourth-order valence-electron chi connectivity index (χ4n) is 1.05. The van der Waals surface area contributed by atoms with E-state index in [9.17, 15) is 4.79 Å². The normalized spacial score (nSPS) is 8.86. The average molecular weight is 190 g/mol. The van der Waals surface area contributed by atoms with Gasteiger partial charge in [-0.15, -0.1) is 0 Å². The van der Waals surface area contributed by atoms with Crippen molar-refractivity contribution in [2.75, 3.05) is 6.61 Å². The van der Waals surface area contributed by atoms with Gasteiger partial charge in [-0.05, 0) is 19.1 Å². The molecule has 1 aromatic carbocycles. The third kappa shape index (κ3) is 2.23. The second-order valence-electron chi connectivity index (χ2n) is 2.50. The Morgan fingerprint density at radius 2 is 2.29 bits per heavy atom. The van der Waals surface area contributed by atoms with E-state index in [0.29, 0.717) is 17.9 Å². The van der Waals surface area contributed by atoms with Crippen LogP contribution < -0.4 is 10.1 Å². The van der Waals surface area contributed by atoms with Gasteiger partial charge in [-0.1, -0.05) is 12.1 Å². The summed E-state index contributed by atoms with van der Waals surface area (Å²) in [5.74, 6) is 0.0410. The van der Waals surface area contributed by atoms with E-state index < -0.39 is 5.91 Å². The summed E-state index contributed by atoms with van der Waals surface area (Å²) in [6.45, 7) is 2.32. The van der Waals surface area contributed by atoms with Gasteiger partial charge in [-0.3, -0.25) is 10.1 Å². The third-order valence-electron chi connectivity index (χ3n) is 1.60. The summed E-state index contributed by atoms with van der Waals surface area (Å²) < 4.78 is 5.23. The van der Waals surface area contributed by atoms with Crippen LogP contribution in [0.15, 0.2) is 24.3 Å². The van der Waals surface area contributed by atoms with Crippen molar-refractivity contribution >= 4 is 5.91 Å². The van der Waals surface area contributed by atoms with Crippen molar-refractivity contribution in [1.29, 1.82) is 5.26 Å². The van der Waals surface area contributed by atoms with Gasteiger partial charge in [0.2, 0.25) is 0 Å². The van der Waals surface area contributed by atoms with Crippen molar-refractivity contribution in [3.05, 3.63) is 29.8 Å². The van der Waals surface area contributed by atoms with E-state index in [4.69, 9.17) is 10.00 Å². The van der Waals surface area contributed by atoms with Gasteiger partial charge < -0.3 is 4.74 Å². The summed E-state index contributed by atoms with van der Waals surface area (Å²) in [6.07, 6.45) is 1.58. The van der Waals surface area contributed by atoms with Crippen molar-refractivity contribution in [2.24, 2.45) is 0 Å². The van der Waals surface area contributed by atoms with E-state index >= 15 is 0 Å². The van der Waals surface area contributed by atoms with E-state index in [1.54, 1.807) is 30.5 Å². The molecule has 4 nitrogen and oxygen atoms in total. The van der Waals surface area contributed by atoms with Gasteiger partial charge in [0.05, 0.1) is 12.2 Å². The first kappa shape index (κ1) is 10.1. The fraction of sp³-hybridized carbons (Fsp3) is 0.200. The maximum absolute atomic E-state index is 11.3. The first-order valence-corrected chi connectivity index (χ1v) is 4.20. The number of amides is 1. The van der Waals surface area contributed by atoms with Gasteiger partial charge in [0, 0.05) is 0 Å². The Bertz CT molecular complexity index is 369. The molecule has 0 aliphatic carbocycles. The summed E-state index contributed by atoms with van der Waals surface area (Å²) in [6, 6.07) is 6.79. The summed E-state index contributed by atoms with van der Waals surface area (Å²) in [4.78, 5) is 11.3. The first-order chi connectivity index (χ1) is 6.79. The number of carbonyl (C=O) groups is 1. The highest BCUT2D eigenvalue weighted by molar-refractivity contribution is 5.97. The number of hydrogen-bond acceptors (Lipinski definition) is 3. The van der Waals surface area contributed by atoms with Crippen molar-refractivity contribution in [1.82, 2.24) is 5.32 Å².